The zero-order valence-electron chi connectivity index (χ0n) is 9.60. The lowest BCUT2D eigenvalue weighted by Gasteiger charge is -2.12. The molecule has 0 saturated heterocycles. The highest BCUT2D eigenvalue weighted by atomic mass is 35.5. The molecule has 2 heteroatoms. The summed E-state index contributed by atoms with van der Waals surface area (Å²) in [5.41, 5.74) is 3.71. The highest BCUT2D eigenvalue weighted by molar-refractivity contribution is 6.30. The number of hydrogen-bond donors (Lipinski definition) is 1. The van der Waals surface area contributed by atoms with Crippen molar-refractivity contribution < 1.29 is 0 Å². The minimum absolute atomic E-state index is 0.791. The van der Waals surface area contributed by atoms with Crippen LogP contribution in [0.3, 0.4) is 0 Å². The van der Waals surface area contributed by atoms with Gasteiger partial charge in [0.1, 0.15) is 0 Å². The van der Waals surface area contributed by atoms with E-state index in [1.807, 2.05) is 25.2 Å². The average Bonchev–Trinajstić information content (AvgIpc) is 2.26. The molecule has 0 saturated carbocycles. The Hall–Kier alpha value is -0.950. The van der Waals surface area contributed by atoms with Crippen LogP contribution >= 0.6 is 11.6 Å². The van der Waals surface area contributed by atoms with Gasteiger partial charge in [-0.1, -0.05) is 31.5 Å². The number of anilines is 1. The molecule has 15 heavy (non-hydrogen) atoms. The summed E-state index contributed by atoms with van der Waals surface area (Å²) in [6.45, 7) is 4.32. The van der Waals surface area contributed by atoms with Crippen molar-refractivity contribution in [2.45, 2.75) is 26.7 Å². The molecule has 0 aromatic heterocycles. The van der Waals surface area contributed by atoms with E-state index in [2.05, 4.69) is 25.2 Å². The highest BCUT2D eigenvalue weighted by Crippen LogP contribution is 2.29. The number of rotatable bonds is 4. The number of benzene rings is 1. The number of nitrogens with one attached hydrogen (secondary N) is 1. The van der Waals surface area contributed by atoms with Crippen LogP contribution in [-0.4, -0.2) is 7.05 Å². The molecule has 0 aliphatic carbocycles. The van der Waals surface area contributed by atoms with E-state index in [1.54, 1.807) is 0 Å². The second-order valence-corrected chi connectivity index (χ2v) is 3.87. The molecule has 0 radical (unpaired) electrons. The van der Waals surface area contributed by atoms with E-state index in [0.29, 0.717) is 0 Å². The highest BCUT2D eigenvalue weighted by Gasteiger charge is 2.05. The predicted molar refractivity (Wildman–Crippen MR) is 69.6 cm³/mol. The molecule has 1 nitrogen and oxygen atoms in total. The fraction of sp³-hybridized carbons (Fsp3) is 0.385. The number of allylic oxidation sites excluding steroid dienone is 2. The van der Waals surface area contributed by atoms with Gasteiger partial charge in [-0.3, -0.25) is 0 Å². The van der Waals surface area contributed by atoms with E-state index in [9.17, 15) is 0 Å². The van der Waals surface area contributed by atoms with E-state index in [-0.39, 0.29) is 0 Å². The molecular formula is C13H18ClN. The van der Waals surface area contributed by atoms with Gasteiger partial charge in [0.2, 0.25) is 0 Å². The lowest BCUT2D eigenvalue weighted by molar-refractivity contribution is 1.17. The molecule has 1 aromatic rings. The molecule has 0 unspecified atom stereocenters. The van der Waals surface area contributed by atoms with Crippen LogP contribution in [0.15, 0.2) is 24.3 Å². The first-order valence-corrected chi connectivity index (χ1v) is 5.77. The Kier molecular flexibility index (Phi) is 4.70. The summed E-state index contributed by atoms with van der Waals surface area (Å²) in [5, 5.41) is 3.99. The van der Waals surface area contributed by atoms with E-state index in [4.69, 9.17) is 11.6 Å². The van der Waals surface area contributed by atoms with Crippen LogP contribution in [0, 0.1) is 0 Å². The van der Waals surface area contributed by atoms with Crippen molar-refractivity contribution in [1.29, 1.82) is 0 Å². The quantitative estimate of drug-likeness (QED) is 0.788. The van der Waals surface area contributed by atoms with Gasteiger partial charge < -0.3 is 5.32 Å². The van der Waals surface area contributed by atoms with Crippen LogP contribution in [0.5, 0.6) is 0 Å². The zero-order valence-corrected chi connectivity index (χ0v) is 10.4. The Morgan fingerprint density at radius 1 is 1.40 bits per heavy atom. The Morgan fingerprint density at radius 3 is 2.67 bits per heavy atom. The van der Waals surface area contributed by atoms with Crippen molar-refractivity contribution in [3.63, 3.8) is 0 Å². The molecule has 0 atom stereocenters. The number of hydrogen-bond acceptors (Lipinski definition) is 1. The molecule has 1 N–H and O–H groups in total. The van der Waals surface area contributed by atoms with E-state index in [1.165, 1.54) is 11.1 Å². The van der Waals surface area contributed by atoms with Gasteiger partial charge in [-0.05, 0) is 36.6 Å². The van der Waals surface area contributed by atoms with E-state index in [0.717, 1.165) is 23.6 Å². The summed E-state index contributed by atoms with van der Waals surface area (Å²) < 4.78 is 0. The fourth-order valence-electron chi connectivity index (χ4n) is 1.69. The maximum absolute atomic E-state index is 6.02. The summed E-state index contributed by atoms with van der Waals surface area (Å²) in [6, 6.07) is 5.96. The molecule has 0 aliphatic heterocycles. The molecule has 0 aliphatic rings. The molecule has 0 spiro atoms. The molecule has 0 heterocycles. The third kappa shape index (κ3) is 3.00. The topological polar surface area (TPSA) is 12.0 Å². The van der Waals surface area contributed by atoms with Crippen LogP contribution in [0.25, 0.3) is 5.57 Å². The van der Waals surface area contributed by atoms with Gasteiger partial charge in [0.05, 0.1) is 0 Å². The first-order valence-electron chi connectivity index (χ1n) is 5.39. The normalized spacial score (nSPS) is 11.6. The fourth-order valence-corrected chi connectivity index (χ4v) is 1.86. The summed E-state index contributed by atoms with van der Waals surface area (Å²) in [7, 11) is 1.94. The predicted octanol–water partition coefficient (Wildman–Crippen LogP) is 4.59. The molecule has 82 valence electrons. The maximum atomic E-state index is 6.02. The third-order valence-corrected chi connectivity index (χ3v) is 2.66. The molecule has 1 aromatic carbocycles. The maximum Gasteiger partial charge on any atom is 0.0414 e. The largest absolute Gasteiger partial charge is 0.388 e. The van der Waals surface area contributed by atoms with Crippen molar-refractivity contribution in [2.24, 2.45) is 0 Å². The minimum Gasteiger partial charge on any atom is -0.388 e. The van der Waals surface area contributed by atoms with E-state index >= 15 is 0 Å². The minimum atomic E-state index is 0.791. The summed E-state index contributed by atoms with van der Waals surface area (Å²) in [5.74, 6) is 0. The van der Waals surface area contributed by atoms with Crippen molar-refractivity contribution in [3.05, 3.63) is 34.9 Å². The smallest absolute Gasteiger partial charge is 0.0414 e. The zero-order chi connectivity index (χ0) is 11.3. The second-order valence-electron chi connectivity index (χ2n) is 3.43. The lowest BCUT2D eigenvalue weighted by Crippen LogP contribution is -1.94. The van der Waals surface area contributed by atoms with Crippen molar-refractivity contribution in [1.82, 2.24) is 0 Å². The van der Waals surface area contributed by atoms with Crippen LogP contribution in [0.1, 0.15) is 32.3 Å². The molecular weight excluding hydrogens is 206 g/mol. The van der Waals surface area contributed by atoms with Gasteiger partial charge in [0.25, 0.3) is 0 Å². The van der Waals surface area contributed by atoms with Gasteiger partial charge in [-0.15, -0.1) is 0 Å². The Balaban J connectivity index is 3.20. The number of halogens is 1. The first-order chi connectivity index (χ1) is 7.22. The second kappa shape index (κ2) is 5.82. The molecule has 0 fully saturated rings. The summed E-state index contributed by atoms with van der Waals surface area (Å²) in [6.07, 6.45) is 4.34. The Morgan fingerprint density at radius 2 is 2.13 bits per heavy atom. The van der Waals surface area contributed by atoms with Crippen LogP contribution in [-0.2, 0) is 0 Å². The van der Waals surface area contributed by atoms with Gasteiger partial charge >= 0.3 is 0 Å². The van der Waals surface area contributed by atoms with Crippen molar-refractivity contribution >= 4 is 22.9 Å². The standard InChI is InChI=1S/C13H18ClN/c1-4-6-10(5-2)12-9-11(14)7-8-13(12)15-3/h6-9,15H,4-5H2,1-3H3/b10-6+. The van der Waals surface area contributed by atoms with Crippen LogP contribution in [0.2, 0.25) is 5.02 Å². The van der Waals surface area contributed by atoms with Gasteiger partial charge in [-0.25, -0.2) is 0 Å². The Bertz CT molecular complexity index is 356. The lowest BCUT2D eigenvalue weighted by atomic mass is 10.0. The monoisotopic (exact) mass is 223 g/mol. The van der Waals surface area contributed by atoms with Gasteiger partial charge in [-0.2, -0.15) is 0 Å². The van der Waals surface area contributed by atoms with Crippen LogP contribution in [0.4, 0.5) is 5.69 Å². The third-order valence-electron chi connectivity index (χ3n) is 2.43. The Labute approximate surface area is 97.1 Å². The van der Waals surface area contributed by atoms with E-state index < -0.39 is 0 Å². The SMILES string of the molecule is CC/C=C(\CC)c1cc(Cl)ccc1NC. The van der Waals surface area contributed by atoms with Crippen molar-refractivity contribution in [2.75, 3.05) is 12.4 Å². The summed E-state index contributed by atoms with van der Waals surface area (Å²) >= 11 is 6.02. The molecule has 0 amide bonds. The van der Waals surface area contributed by atoms with Gasteiger partial charge in [0, 0.05) is 23.3 Å². The first kappa shape index (κ1) is 12.1. The molecule has 1 rings (SSSR count). The average molecular weight is 224 g/mol. The van der Waals surface area contributed by atoms with Gasteiger partial charge in [0.15, 0.2) is 0 Å². The van der Waals surface area contributed by atoms with Crippen molar-refractivity contribution in [3.8, 4) is 0 Å². The van der Waals surface area contributed by atoms with Crippen LogP contribution < -0.4 is 5.32 Å². The summed E-state index contributed by atoms with van der Waals surface area (Å²) in [4.78, 5) is 0. The molecule has 0 bridgehead atoms.